The van der Waals surface area contributed by atoms with E-state index in [1.54, 1.807) is 37.5 Å². The minimum absolute atomic E-state index is 0.0885. The van der Waals surface area contributed by atoms with Gasteiger partial charge in [-0.15, -0.1) is 0 Å². The molecule has 1 unspecified atom stereocenters. The molecule has 7 fully saturated rings. The molecule has 208 valence electrons. The summed E-state index contributed by atoms with van der Waals surface area (Å²) in [6.45, 7) is 8.37. The second-order valence-corrected chi connectivity index (χ2v) is 13.3. The molecule has 2 spiro atoms. The normalized spacial score (nSPS) is 48.4. The average Bonchev–Trinajstić information content (AvgIpc) is 2.92. The maximum absolute atomic E-state index is 14.5. The quantitative estimate of drug-likeness (QED) is 0.305. The minimum Gasteiger partial charge on any atom is -0.497 e. The van der Waals surface area contributed by atoms with Gasteiger partial charge in [-0.25, -0.2) is 4.79 Å². The average molecular weight is 537 g/mol. The van der Waals surface area contributed by atoms with Gasteiger partial charge in [0.2, 0.25) is 5.79 Å². The van der Waals surface area contributed by atoms with Gasteiger partial charge in [0.15, 0.2) is 11.4 Å². The molecule has 5 aliphatic carbocycles. The van der Waals surface area contributed by atoms with Gasteiger partial charge in [-0.05, 0) is 72.3 Å². The van der Waals surface area contributed by atoms with Crippen LogP contribution in [0.4, 0.5) is 0 Å². The number of rotatable bonds is 4. The fraction of sp³-hybridized carbons (Fsp3) is 0.613. The van der Waals surface area contributed by atoms with Gasteiger partial charge in [0, 0.05) is 23.3 Å². The number of methoxy groups -OCH3 is 1. The molecule has 3 N–H and O–H groups in total. The van der Waals surface area contributed by atoms with E-state index in [1.165, 1.54) is 6.08 Å². The van der Waals surface area contributed by atoms with Gasteiger partial charge in [-0.2, -0.15) is 0 Å². The Bertz CT molecular complexity index is 1320. The van der Waals surface area contributed by atoms with Gasteiger partial charge in [-0.1, -0.05) is 32.6 Å². The van der Waals surface area contributed by atoms with E-state index in [-0.39, 0.29) is 17.9 Å². The molecule has 8 nitrogen and oxygen atoms in total. The van der Waals surface area contributed by atoms with Crippen LogP contribution in [0.15, 0.2) is 42.5 Å². The standard InChI is InChI=1S/C31H36O8/c1-16-19-10-11-20-28-15-38-31(36,25(34)24(28)27(2,3)14-13-21(28)32)29(20)23(19)30(16,26(29)35)39-22(33)12-7-17-5-8-18(37-4)9-6-17/h5-9,12,19-21,23-25,32,34,36H,1,10-11,13-15H2,2-4H3/b12-7+/t19-,20-,21-,23+,24+,25-,28+,29+,30-,31?/m0/s1. The topological polar surface area (TPSA) is 123 Å². The summed E-state index contributed by atoms with van der Waals surface area (Å²) in [5.74, 6) is -4.08. The zero-order chi connectivity index (χ0) is 27.8. The molecule has 2 saturated heterocycles. The molecule has 8 rings (SSSR count). The van der Waals surface area contributed by atoms with Crippen LogP contribution < -0.4 is 4.74 Å². The number of carbonyl (C=O) groups excluding carboxylic acids is 2. The molecule has 0 radical (unpaired) electrons. The molecule has 39 heavy (non-hydrogen) atoms. The van der Waals surface area contributed by atoms with Crippen molar-refractivity contribution in [3.63, 3.8) is 0 Å². The predicted molar refractivity (Wildman–Crippen MR) is 139 cm³/mol. The lowest BCUT2D eigenvalue weighted by Gasteiger charge is -2.84. The van der Waals surface area contributed by atoms with Crippen molar-refractivity contribution in [2.75, 3.05) is 13.7 Å². The van der Waals surface area contributed by atoms with E-state index in [4.69, 9.17) is 14.2 Å². The van der Waals surface area contributed by atoms with Crippen LogP contribution in [0.5, 0.6) is 5.75 Å². The van der Waals surface area contributed by atoms with Gasteiger partial charge in [0.05, 0.1) is 19.8 Å². The van der Waals surface area contributed by atoms with Crippen molar-refractivity contribution in [2.45, 2.75) is 63.1 Å². The smallest absolute Gasteiger partial charge is 0.332 e. The van der Waals surface area contributed by atoms with Crippen molar-refractivity contribution in [1.82, 2.24) is 0 Å². The molecule has 2 aliphatic heterocycles. The Morgan fingerprint density at radius 1 is 1.13 bits per heavy atom. The summed E-state index contributed by atoms with van der Waals surface area (Å²) < 4.78 is 17.2. The number of esters is 1. The highest BCUT2D eigenvalue weighted by Gasteiger charge is 2.97. The third-order valence-electron chi connectivity index (χ3n) is 11.7. The van der Waals surface area contributed by atoms with Crippen molar-refractivity contribution in [3.8, 4) is 5.75 Å². The summed E-state index contributed by atoms with van der Waals surface area (Å²) in [4.78, 5) is 27.5. The first-order valence-electron chi connectivity index (χ1n) is 13.9. The first-order chi connectivity index (χ1) is 18.4. The van der Waals surface area contributed by atoms with Crippen molar-refractivity contribution >= 4 is 17.8 Å². The molecule has 10 atom stereocenters. The lowest BCUT2D eigenvalue weighted by molar-refractivity contribution is -0.483. The van der Waals surface area contributed by atoms with Gasteiger partial charge in [-0.3, -0.25) is 4.79 Å². The first-order valence-corrected chi connectivity index (χ1v) is 13.9. The number of hydrogen-bond acceptors (Lipinski definition) is 8. The second kappa shape index (κ2) is 7.60. The van der Waals surface area contributed by atoms with Gasteiger partial charge < -0.3 is 29.5 Å². The Hall–Kier alpha value is -2.52. The van der Waals surface area contributed by atoms with Crippen molar-refractivity contribution in [3.05, 3.63) is 48.1 Å². The Morgan fingerprint density at radius 3 is 2.54 bits per heavy atom. The summed E-state index contributed by atoms with van der Waals surface area (Å²) in [6, 6.07) is 7.16. The van der Waals surface area contributed by atoms with Gasteiger partial charge in [0.1, 0.15) is 17.3 Å². The van der Waals surface area contributed by atoms with Crippen LogP contribution in [0, 0.1) is 39.9 Å². The van der Waals surface area contributed by atoms with Crippen LogP contribution in [-0.4, -0.2) is 64.4 Å². The number of hydrogen-bond donors (Lipinski definition) is 3. The number of aliphatic hydroxyl groups excluding tert-OH is 2. The highest BCUT2D eigenvalue weighted by molar-refractivity contribution is 6.09. The monoisotopic (exact) mass is 536 g/mol. The SMILES string of the molecule is C=C1[C@@H]2CC[C@H]3[C@@]45COC(O)([C@@H](O)[C@@H]4C(C)(C)CC[C@@H]5O)[C@]34C(=O)[C@@]1(OC(=O)/C=C/c1ccc(OC)cc1)[C@H]24. The molecule has 0 amide bonds. The Balaban J connectivity index is 1.25. The summed E-state index contributed by atoms with van der Waals surface area (Å²) in [6.07, 6.45) is 3.33. The number of benzene rings is 1. The number of fused-ring (bicyclic) bond motifs is 1. The van der Waals surface area contributed by atoms with Crippen LogP contribution in [-0.2, 0) is 19.1 Å². The molecular formula is C31H36O8. The van der Waals surface area contributed by atoms with E-state index in [2.05, 4.69) is 20.4 Å². The zero-order valence-corrected chi connectivity index (χ0v) is 22.6. The highest BCUT2D eigenvalue weighted by Crippen LogP contribution is 2.85. The van der Waals surface area contributed by atoms with E-state index >= 15 is 0 Å². The maximum Gasteiger partial charge on any atom is 0.332 e. The highest BCUT2D eigenvalue weighted by atomic mass is 16.6. The third kappa shape index (κ3) is 2.57. The fourth-order valence-corrected chi connectivity index (χ4v) is 10.3. The molecule has 0 aromatic heterocycles. The maximum atomic E-state index is 14.5. The number of Topliss-reactive ketones (excluding diaryl/α,β-unsaturated/α-hetero) is 1. The molecule has 5 saturated carbocycles. The largest absolute Gasteiger partial charge is 0.497 e. The molecular weight excluding hydrogens is 500 g/mol. The predicted octanol–water partition coefficient (Wildman–Crippen LogP) is 2.65. The summed E-state index contributed by atoms with van der Waals surface area (Å²) in [7, 11) is 1.58. The van der Waals surface area contributed by atoms with Crippen LogP contribution >= 0.6 is 0 Å². The molecule has 2 heterocycles. The first kappa shape index (κ1) is 25.4. The molecule has 1 aromatic rings. The fourth-order valence-electron chi connectivity index (χ4n) is 10.3. The van der Waals surface area contributed by atoms with E-state index in [0.717, 1.165) is 12.0 Å². The van der Waals surface area contributed by atoms with E-state index in [1.807, 2.05) is 0 Å². The summed E-state index contributed by atoms with van der Waals surface area (Å²) in [5.41, 5.74) is -2.93. The molecule has 2 bridgehead atoms. The summed E-state index contributed by atoms with van der Waals surface area (Å²) in [5, 5.41) is 35.5. The molecule has 7 aliphatic rings. The van der Waals surface area contributed by atoms with E-state index < -0.39 is 63.9 Å². The van der Waals surface area contributed by atoms with Crippen LogP contribution in [0.1, 0.15) is 45.1 Å². The summed E-state index contributed by atoms with van der Waals surface area (Å²) >= 11 is 0. The third-order valence-corrected chi connectivity index (χ3v) is 11.7. The van der Waals surface area contributed by atoms with Crippen LogP contribution in [0.25, 0.3) is 6.08 Å². The van der Waals surface area contributed by atoms with Crippen molar-refractivity contribution in [1.29, 1.82) is 0 Å². The molecule has 8 heteroatoms. The Morgan fingerprint density at radius 2 is 1.85 bits per heavy atom. The van der Waals surface area contributed by atoms with Crippen molar-refractivity contribution in [2.24, 2.45) is 39.9 Å². The second-order valence-electron chi connectivity index (χ2n) is 13.3. The number of ketones is 1. The number of aliphatic hydroxyl groups is 3. The Labute approximate surface area is 227 Å². The molecule has 1 aromatic carbocycles. The van der Waals surface area contributed by atoms with Gasteiger partial charge in [0.25, 0.3) is 0 Å². The van der Waals surface area contributed by atoms with Crippen LogP contribution in [0.2, 0.25) is 0 Å². The van der Waals surface area contributed by atoms with E-state index in [9.17, 15) is 24.9 Å². The minimum atomic E-state index is -2.12. The lowest BCUT2D eigenvalue weighted by atomic mass is 9.21. The lowest BCUT2D eigenvalue weighted by Crippen LogP contribution is -2.97. The number of carbonyl (C=O) groups is 2. The van der Waals surface area contributed by atoms with Gasteiger partial charge >= 0.3 is 5.97 Å². The van der Waals surface area contributed by atoms with E-state index in [0.29, 0.717) is 30.6 Å². The Kier molecular flexibility index (Phi) is 4.96. The zero-order valence-electron chi connectivity index (χ0n) is 22.6. The number of ether oxygens (including phenoxy) is 3. The van der Waals surface area contributed by atoms with Crippen LogP contribution in [0.3, 0.4) is 0 Å². The van der Waals surface area contributed by atoms with Crippen molar-refractivity contribution < 1.29 is 39.1 Å².